The first-order valence-corrected chi connectivity index (χ1v) is 5.14. The van der Waals surface area contributed by atoms with E-state index in [0.29, 0.717) is 6.42 Å². The van der Waals surface area contributed by atoms with Crippen LogP contribution in [0.25, 0.3) is 0 Å². The van der Waals surface area contributed by atoms with E-state index in [4.69, 9.17) is 15.2 Å². The Morgan fingerprint density at radius 2 is 2.00 bits per heavy atom. The van der Waals surface area contributed by atoms with E-state index in [0.717, 1.165) is 19.3 Å². The molecule has 1 aliphatic rings. The second-order valence-corrected chi connectivity index (χ2v) is 3.81. The molecule has 0 spiro atoms. The van der Waals surface area contributed by atoms with Crippen LogP contribution in [-0.4, -0.2) is 31.3 Å². The molecule has 5 heteroatoms. The Balaban J connectivity index is 0.00000196. The highest BCUT2D eigenvalue weighted by atomic mass is 35.5. The van der Waals surface area contributed by atoms with Crippen LogP contribution in [0, 0.1) is 0 Å². The van der Waals surface area contributed by atoms with Gasteiger partial charge in [-0.25, -0.2) is 0 Å². The second-order valence-electron chi connectivity index (χ2n) is 3.81. The van der Waals surface area contributed by atoms with Crippen molar-refractivity contribution in [3.05, 3.63) is 0 Å². The van der Waals surface area contributed by atoms with Crippen LogP contribution in [0.5, 0.6) is 0 Å². The summed E-state index contributed by atoms with van der Waals surface area (Å²) >= 11 is 0. The lowest BCUT2D eigenvalue weighted by Crippen LogP contribution is -2.37. The summed E-state index contributed by atoms with van der Waals surface area (Å²) in [6.45, 7) is 1.85. The van der Waals surface area contributed by atoms with Gasteiger partial charge in [0.25, 0.3) is 0 Å². The Kier molecular flexibility index (Phi) is 6.89. The molecule has 3 atom stereocenters. The molecule has 0 aliphatic carbocycles. The van der Waals surface area contributed by atoms with E-state index in [1.807, 2.05) is 6.92 Å². The van der Waals surface area contributed by atoms with Crippen molar-refractivity contribution in [2.24, 2.45) is 5.73 Å². The summed E-state index contributed by atoms with van der Waals surface area (Å²) in [6.07, 6.45) is 3.44. The monoisotopic (exact) mass is 237 g/mol. The summed E-state index contributed by atoms with van der Waals surface area (Å²) in [4.78, 5) is 11.4. The number of hydrogen-bond donors (Lipinski definition) is 1. The number of hydrogen-bond acceptors (Lipinski definition) is 4. The van der Waals surface area contributed by atoms with Crippen LogP contribution < -0.4 is 5.73 Å². The molecule has 0 bridgehead atoms. The van der Waals surface area contributed by atoms with E-state index in [1.165, 1.54) is 0 Å². The molecule has 0 radical (unpaired) electrons. The SMILES string of the molecule is COC1CCCC[C@H](N)C(=O)OC1C.Cl. The second kappa shape index (κ2) is 7.04. The maximum Gasteiger partial charge on any atom is 0.323 e. The van der Waals surface area contributed by atoms with Gasteiger partial charge >= 0.3 is 5.97 Å². The number of rotatable bonds is 1. The van der Waals surface area contributed by atoms with E-state index in [9.17, 15) is 4.79 Å². The molecule has 1 heterocycles. The lowest BCUT2D eigenvalue weighted by molar-refractivity contribution is -0.156. The molecular weight excluding hydrogens is 218 g/mol. The molecule has 0 aromatic heterocycles. The molecule has 0 aromatic carbocycles. The van der Waals surface area contributed by atoms with Gasteiger partial charge in [0.05, 0.1) is 6.10 Å². The zero-order valence-corrected chi connectivity index (χ0v) is 10.1. The van der Waals surface area contributed by atoms with Gasteiger partial charge < -0.3 is 15.2 Å². The fraction of sp³-hybridized carbons (Fsp3) is 0.900. The van der Waals surface area contributed by atoms with Gasteiger partial charge in [-0.2, -0.15) is 0 Å². The standard InChI is InChI=1S/C10H19NO3.ClH/c1-7-9(13-2)6-4-3-5-8(11)10(12)14-7;/h7-9H,3-6,11H2,1-2H3;1H/t7?,8-,9?;/m0./s1. The van der Waals surface area contributed by atoms with Gasteiger partial charge in [0, 0.05) is 7.11 Å². The van der Waals surface area contributed by atoms with E-state index in [2.05, 4.69) is 0 Å². The van der Waals surface area contributed by atoms with Gasteiger partial charge in [-0.1, -0.05) is 12.8 Å². The van der Waals surface area contributed by atoms with Crippen molar-refractivity contribution >= 4 is 18.4 Å². The molecular formula is C10H20ClNO3. The highest BCUT2D eigenvalue weighted by molar-refractivity contribution is 5.85. The van der Waals surface area contributed by atoms with Crippen molar-refractivity contribution in [1.29, 1.82) is 0 Å². The number of methoxy groups -OCH3 is 1. The first-order chi connectivity index (χ1) is 6.65. The molecule has 0 aromatic rings. The van der Waals surface area contributed by atoms with E-state index < -0.39 is 6.04 Å². The Morgan fingerprint density at radius 1 is 1.40 bits per heavy atom. The van der Waals surface area contributed by atoms with Crippen LogP contribution in [0.3, 0.4) is 0 Å². The molecule has 1 fully saturated rings. The van der Waals surface area contributed by atoms with Crippen LogP contribution in [0.4, 0.5) is 0 Å². The fourth-order valence-electron chi connectivity index (χ4n) is 1.72. The highest BCUT2D eigenvalue weighted by Crippen LogP contribution is 2.16. The number of halogens is 1. The van der Waals surface area contributed by atoms with Gasteiger partial charge in [0.2, 0.25) is 0 Å². The average Bonchev–Trinajstić information content (AvgIpc) is 2.21. The molecule has 15 heavy (non-hydrogen) atoms. The quantitative estimate of drug-likeness (QED) is 0.698. The van der Waals surface area contributed by atoms with Crippen molar-refractivity contribution in [3.63, 3.8) is 0 Å². The summed E-state index contributed by atoms with van der Waals surface area (Å²) in [5.74, 6) is -0.304. The molecule has 1 rings (SSSR count). The number of ether oxygens (including phenoxy) is 2. The molecule has 4 nitrogen and oxygen atoms in total. The van der Waals surface area contributed by atoms with Gasteiger partial charge in [-0.05, 0) is 19.8 Å². The van der Waals surface area contributed by atoms with Crippen molar-refractivity contribution in [3.8, 4) is 0 Å². The van der Waals surface area contributed by atoms with E-state index in [-0.39, 0.29) is 30.6 Å². The summed E-state index contributed by atoms with van der Waals surface area (Å²) in [7, 11) is 1.65. The number of esters is 1. The summed E-state index contributed by atoms with van der Waals surface area (Å²) < 4.78 is 10.5. The molecule has 0 saturated carbocycles. The fourth-order valence-corrected chi connectivity index (χ4v) is 1.72. The van der Waals surface area contributed by atoms with Gasteiger partial charge in [0.15, 0.2) is 0 Å². The third kappa shape index (κ3) is 4.36. The third-order valence-corrected chi connectivity index (χ3v) is 2.68. The van der Waals surface area contributed by atoms with Crippen molar-refractivity contribution < 1.29 is 14.3 Å². The largest absolute Gasteiger partial charge is 0.459 e. The van der Waals surface area contributed by atoms with Crippen LogP contribution in [0.1, 0.15) is 32.6 Å². The predicted octanol–water partition coefficient (Wildman–Crippen LogP) is 1.26. The average molecular weight is 238 g/mol. The van der Waals surface area contributed by atoms with Crippen LogP contribution >= 0.6 is 12.4 Å². The van der Waals surface area contributed by atoms with Crippen molar-refractivity contribution in [2.45, 2.75) is 50.9 Å². The molecule has 2 unspecified atom stereocenters. The lowest BCUT2D eigenvalue weighted by Gasteiger charge is -2.22. The number of carbonyl (C=O) groups excluding carboxylic acids is 1. The maximum absolute atomic E-state index is 11.4. The zero-order valence-electron chi connectivity index (χ0n) is 9.27. The minimum atomic E-state index is -0.465. The third-order valence-electron chi connectivity index (χ3n) is 2.68. The number of cyclic esters (lactones) is 1. The first kappa shape index (κ1) is 14.7. The van der Waals surface area contributed by atoms with Crippen LogP contribution in [0.2, 0.25) is 0 Å². The summed E-state index contributed by atoms with van der Waals surface area (Å²) in [5, 5.41) is 0. The molecule has 1 saturated heterocycles. The molecule has 90 valence electrons. The zero-order chi connectivity index (χ0) is 10.6. The van der Waals surface area contributed by atoms with Crippen molar-refractivity contribution in [2.75, 3.05) is 7.11 Å². The Hall–Kier alpha value is -0.320. The number of carbonyl (C=O) groups is 1. The van der Waals surface area contributed by atoms with Gasteiger partial charge in [0.1, 0.15) is 12.1 Å². The Labute approximate surface area is 96.9 Å². The Morgan fingerprint density at radius 3 is 2.60 bits per heavy atom. The molecule has 2 N–H and O–H groups in total. The lowest BCUT2D eigenvalue weighted by atomic mass is 10.1. The minimum absolute atomic E-state index is 0. The molecule has 0 amide bonds. The minimum Gasteiger partial charge on any atom is -0.459 e. The maximum atomic E-state index is 11.4. The predicted molar refractivity (Wildman–Crippen MR) is 60.0 cm³/mol. The van der Waals surface area contributed by atoms with Crippen molar-refractivity contribution in [1.82, 2.24) is 0 Å². The van der Waals surface area contributed by atoms with E-state index in [1.54, 1.807) is 7.11 Å². The first-order valence-electron chi connectivity index (χ1n) is 5.14. The normalized spacial score (nSPS) is 33.0. The van der Waals surface area contributed by atoms with Gasteiger partial charge in [-0.3, -0.25) is 4.79 Å². The van der Waals surface area contributed by atoms with Crippen LogP contribution in [-0.2, 0) is 14.3 Å². The molecule has 1 aliphatic heterocycles. The summed E-state index contributed by atoms with van der Waals surface area (Å²) in [6, 6.07) is -0.465. The summed E-state index contributed by atoms with van der Waals surface area (Å²) in [5.41, 5.74) is 5.65. The van der Waals surface area contributed by atoms with E-state index >= 15 is 0 Å². The number of nitrogens with two attached hydrogens (primary N) is 1. The highest BCUT2D eigenvalue weighted by Gasteiger charge is 2.25. The smallest absolute Gasteiger partial charge is 0.323 e. The van der Waals surface area contributed by atoms with Gasteiger partial charge in [-0.15, -0.1) is 12.4 Å². The van der Waals surface area contributed by atoms with Crippen LogP contribution in [0.15, 0.2) is 0 Å². The Bertz CT molecular complexity index is 201. The topological polar surface area (TPSA) is 61.5 Å².